The highest BCUT2D eigenvalue weighted by atomic mass is 79.9. The van der Waals surface area contributed by atoms with Crippen LogP contribution >= 0.6 is 27.5 Å². The summed E-state index contributed by atoms with van der Waals surface area (Å²) in [5.74, 6) is 1.58. The third kappa shape index (κ3) is 3.88. The maximum atomic E-state index is 6.22. The van der Waals surface area contributed by atoms with Gasteiger partial charge in [0, 0.05) is 48.4 Å². The van der Waals surface area contributed by atoms with E-state index >= 15 is 0 Å². The van der Waals surface area contributed by atoms with Gasteiger partial charge in [-0.05, 0) is 23.8 Å². The largest absolute Gasteiger partial charge is 0.354 e. The molecule has 2 aromatic rings. The van der Waals surface area contributed by atoms with E-state index in [1.807, 2.05) is 24.3 Å². The Labute approximate surface area is 143 Å². The van der Waals surface area contributed by atoms with Gasteiger partial charge >= 0.3 is 0 Å². The van der Waals surface area contributed by atoms with Gasteiger partial charge in [-0.2, -0.15) is 4.98 Å². The van der Waals surface area contributed by atoms with Crippen molar-refractivity contribution in [1.29, 1.82) is 0 Å². The molecule has 0 amide bonds. The van der Waals surface area contributed by atoms with E-state index in [4.69, 9.17) is 11.6 Å². The van der Waals surface area contributed by atoms with Gasteiger partial charge in [0.25, 0.3) is 0 Å². The van der Waals surface area contributed by atoms with Gasteiger partial charge in [0.1, 0.15) is 5.82 Å². The quantitative estimate of drug-likeness (QED) is 0.851. The molecule has 1 aromatic carbocycles. The lowest BCUT2D eigenvalue weighted by molar-refractivity contribution is 0.584. The molecule has 0 unspecified atom stereocenters. The lowest BCUT2D eigenvalue weighted by atomic mass is 10.2. The molecule has 1 fully saturated rings. The predicted octanol–water partition coefficient (Wildman–Crippen LogP) is 2.91. The molecule has 116 valence electrons. The lowest BCUT2D eigenvalue weighted by Gasteiger charge is -2.28. The molecule has 2 N–H and O–H groups in total. The van der Waals surface area contributed by atoms with E-state index in [1.165, 1.54) is 0 Å². The first-order valence-corrected chi connectivity index (χ1v) is 8.36. The standard InChI is InChI=1S/C15H17BrClN5/c16-12-2-1-11(13(17)9-12)10-20-15-19-4-3-14(21-15)22-7-5-18-6-8-22/h1-4,9,18H,5-8,10H2,(H,19,20,21). The summed E-state index contributed by atoms with van der Waals surface area (Å²) in [5, 5.41) is 7.30. The Morgan fingerprint density at radius 3 is 2.86 bits per heavy atom. The second-order valence-electron chi connectivity index (χ2n) is 5.06. The molecule has 2 heterocycles. The van der Waals surface area contributed by atoms with Gasteiger partial charge in [-0.1, -0.05) is 33.6 Å². The number of nitrogens with one attached hydrogen (secondary N) is 2. The molecule has 0 bridgehead atoms. The fourth-order valence-corrected chi connectivity index (χ4v) is 3.08. The van der Waals surface area contributed by atoms with Gasteiger partial charge < -0.3 is 15.5 Å². The number of anilines is 2. The topological polar surface area (TPSA) is 53.1 Å². The minimum Gasteiger partial charge on any atom is -0.354 e. The Hall–Kier alpha value is -1.37. The van der Waals surface area contributed by atoms with Crippen molar-refractivity contribution in [2.24, 2.45) is 0 Å². The van der Waals surface area contributed by atoms with Gasteiger partial charge in [-0.15, -0.1) is 0 Å². The Morgan fingerprint density at radius 1 is 1.27 bits per heavy atom. The summed E-state index contributed by atoms with van der Waals surface area (Å²) in [6.07, 6.45) is 1.79. The first-order chi connectivity index (χ1) is 10.7. The maximum Gasteiger partial charge on any atom is 0.224 e. The van der Waals surface area contributed by atoms with Crippen molar-refractivity contribution in [2.75, 3.05) is 36.4 Å². The minimum absolute atomic E-state index is 0.594. The van der Waals surface area contributed by atoms with E-state index in [2.05, 4.69) is 41.4 Å². The highest BCUT2D eigenvalue weighted by molar-refractivity contribution is 9.10. The summed E-state index contributed by atoms with van der Waals surface area (Å²) < 4.78 is 0.971. The van der Waals surface area contributed by atoms with Crippen molar-refractivity contribution >= 4 is 39.3 Å². The zero-order chi connectivity index (χ0) is 15.4. The summed E-state index contributed by atoms with van der Waals surface area (Å²) in [6.45, 7) is 4.50. The molecule has 1 aliphatic rings. The van der Waals surface area contributed by atoms with Gasteiger partial charge in [0.15, 0.2) is 0 Å². The molecular formula is C15H17BrClN5. The summed E-state index contributed by atoms with van der Waals surface area (Å²) in [4.78, 5) is 11.1. The monoisotopic (exact) mass is 381 g/mol. The van der Waals surface area contributed by atoms with Gasteiger partial charge in [-0.3, -0.25) is 0 Å². The number of benzene rings is 1. The van der Waals surface area contributed by atoms with Crippen LogP contribution in [0.5, 0.6) is 0 Å². The number of hydrogen-bond acceptors (Lipinski definition) is 5. The van der Waals surface area contributed by atoms with Crippen LogP contribution in [-0.2, 0) is 6.54 Å². The van der Waals surface area contributed by atoms with Crippen molar-refractivity contribution in [3.63, 3.8) is 0 Å². The van der Waals surface area contributed by atoms with Crippen LogP contribution < -0.4 is 15.5 Å². The third-order valence-corrected chi connectivity index (χ3v) is 4.38. The van der Waals surface area contributed by atoms with E-state index in [9.17, 15) is 0 Å². The van der Waals surface area contributed by atoms with Crippen molar-refractivity contribution in [3.8, 4) is 0 Å². The molecule has 3 rings (SSSR count). The molecular weight excluding hydrogens is 366 g/mol. The molecule has 0 aliphatic carbocycles. The Morgan fingerprint density at radius 2 is 2.09 bits per heavy atom. The van der Waals surface area contributed by atoms with Crippen molar-refractivity contribution in [2.45, 2.75) is 6.54 Å². The first kappa shape index (κ1) is 15.5. The number of halogens is 2. The lowest BCUT2D eigenvalue weighted by Crippen LogP contribution is -2.43. The Kier molecular flexibility index (Phi) is 5.12. The summed E-state index contributed by atoms with van der Waals surface area (Å²) in [7, 11) is 0. The number of piperazine rings is 1. The van der Waals surface area contributed by atoms with E-state index in [-0.39, 0.29) is 0 Å². The highest BCUT2D eigenvalue weighted by Gasteiger charge is 2.12. The summed E-state index contributed by atoms with van der Waals surface area (Å²) >= 11 is 9.63. The van der Waals surface area contributed by atoms with Crippen molar-refractivity contribution in [3.05, 3.63) is 45.5 Å². The molecule has 0 atom stereocenters. The molecule has 0 spiro atoms. The van der Waals surface area contributed by atoms with E-state index < -0.39 is 0 Å². The Balaban J connectivity index is 1.67. The van der Waals surface area contributed by atoms with Crippen molar-refractivity contribution < 1.29 is 0 Å². The number of hydrogen-bond donors (Lipinski definition) is 2. The van der Waals surface area contributed by atoms with Crippen LogP contribution in [0, 0.1) is 0 Å². The molecule has 5 nitrogen and oxygen atoms in total. The fourth-order valence-electron chi connectivity index (χ4n) is 2.34. The molecule has 0 radical (unpaired) electrons. The van der Waals surface area contributed by atoms with Crippen LogP contribution in [0.2, 0.25) is 5.02 Å². The van der Waals surface area contributed by atoms with Crippen LogP contribution in [0.15, 0.2) is 34.9 Å². The van der Waals surface area contributed by atoms with Crippen LogP contribution in [-0.4, -0.2) is 36.1 Å². The molecule has 7 heteroatoms. The molecule has 1 aliphatic heterocycles. The summed E-state index contributed by atoms with van der Waals surface area (Å²) in [5.41, 5.74) is 1.01. The van der Waals surface area contributed by atoms with Gasteiger partial charge in [0.2, 0.25) is 5.95 Å². The zero-order valence-corrected chi connectivity index (χ0v) is 14.4. The molecule has 0 saturated carbocycles. The first-order valence-electron chi connectivity index (χ1n) is 7.19. The second-order valence-corrected chi connectivity index (χ2v) is 6.39. The van der Waals surface area contributed by atoms with E-state index in [0.29, 0.717) is 12.5 Å². The minimum atomic E-state index is 0.594. The fraction of sp³-hybridized carbons (Fsp3) is 0.333. The second kappa shape index (κ2) is 7.26. The van der Waals surface area contributed by atoms with Crippen LogP contribution in [0.1, 0.15) is 5.56 Å². The van der Waals surface area contributed by atoms with E-state index in [0.717, 1.165) is 47.1 Å². The number of rotatable bonds is 4. The molecule has 1 aromatic heterocycles. The number of aromatic nitrogens is 2. The van der Waals surface area contributed by atoms with Crippen LogP contribution in [0.4, 0.5) is 11.8 Å². The van der Waals surface area contributed by atoms with Crippen LogP contribution in [0.25, 0.3) is 0 Å². The average Bonchev–Trinajstić information content (AvgIpc) is 2.55. The van der Waals surface area contributed by atoms with Crippen LogP contribution in [0.3, 0.4) is 0 Å². The van der Waals surface area contributed by atoms with Gasteiger partial charge in [-0.25, -0.2) is 4.98 Å². The molecule has 1 saturated heterocycles. The van der Waals surface area contributed by atoms with E-state index in [1.54, 1.807) is 6.20 Å². The number of nitrogens with zero attached hydrogens (tertiary/aromatic N) is 3. The Bertz CT molecular complexity index is 646. The third-order valence-electron chi connectivity index (χ3n) is 3.53. The smallest absolute Gasteiger partial charge is 0.224 e. The maximum absolute atomic E-state index is 6.22. The average molecular weight is 383 g/mol. The highest BCUT2D eigenvalue weighted by Crippen LogP contribution is 2.22. The predicted molar refractivity (Wildman–Crippen MR) is 93.6 cm³/mol. The van der Waals surface area contributed by atoms with Gasteiger partial charge in [0.05, 0.1) is 0 Å². The van der Waals surface area contributed by atoms with Crippen molar-refractivity contribution in [1.82, 2.24) is 15.3 Å². The molecule has 22 heavy (non-hydrogen) atoms. The SMILES string of the molecule is Clc1cc(Br)ccc1CNc1nccc(N2CCNCC2)n1. The zero-order valence-electron chi connectivity index (χ0n) is 12.0. The summed E-state index contributed by atoms with van der Waals surface area (Å²) in [6, 6.07) is 7.79. The normalized spacial score (nSPS) is 14.9.